The van der Waals surface area contributed by atoms with Crippen LogP contribution >= 0.6 is 11.6 Å². The molecule has 0 aromatic heterocycles. The van der Waals surface area contributed by atoms with Gasteiger partial charge in [-0.3, -0.25) is 0 Å². The molecule has 0 unspecified atom stereocenters. The fraction of sp³-hybridized carbons (Fsp3) is 0.750. The first-order chi connectivity index (χ1) is 4.31. The summed E-state index contributed by atoms with van der Waals surface area (Å²) in [6.07, 6.45) is 0. The van der Waals surface area contributed by atoms with Gasteiger partial charge in [-0.2, -0.15) is 0 Å². The fourth-order valence-electron chi connectivity index (χ4n) is 0.295. The summed E-state index contributed by atoms with van der Waals surface area (Å²) in [7, 11) is 0. The average molecular weight is 153 g/mol. The van der Waals surface area contributed by atoms with E-state index in [9.17, 15) is 4.79 Å². The van der Waals surface area contributed by atoms with Crippen molar-refractivity contribution in [1.29, 1.82) is 0 Å². The van der Waals surface area contributed by atoms with E-state index in [1.54, 1.807) is 0 Å². The Kier molecular flexibility index (Phi) is 5.35. The molecule has 0 rings (SSSR count). The molecule has 0 bridgehead atoms. The van der Waals surface area contributed by atoms with E-state index in [1.807, 2.05) is 0 Å². The molecule has 0 aromatic carbocycles. The second kappa shape index (κ2) is 5.65. The van der Waals surface area contributed by atoms with E-state index in [1.165, 1.54) is 0 Å². The van der Waals surface area contributed by atoms with Crippen LogP contribution in [0.4, 0.5) is 4.79 Å². The van der Waals surface area contributed by atoms with Gasteiger partial charge in [0.25, 0.3) is 0 Å². The van der Waals surface area contributed by atoms with Crippen molar-refractivity contribution in [2.45, 2.75) is 0 Å². The number of amides is 2. The maximum atomic E-state index is 10.4. The molecule has 9 heavy (non-hydrogen) atoms. The fourth-order valence-corrected chi connectivity index (χ4v) is 0.390. The Bertz CT molecular complexity index is 88.6. The van der Waals surface area contributed by atoms with Gasteiger partial charge in [0.2, 0.25) is 0 Å². The maximum absolute atomic E-state index is 10.4. The van der Waals surface area contributed by atoms with Crippen molar-refractivity contribution in [3.63, 3.8) is 0 Å². The minimum Gasteiger partial charge on any atom is -0.376 e. The van der Waals surface area contributed by atoms with Gasteiger partial charge in [-0.25, -0.2) is 4.79 Å². The molecule has 0 aliphatic carbocycles. The summed E-state index contributed by atoms with van der Waals surface area (Å²) in [5, 5.41) is 12.6. The third-order valence-corrected chi connectivity index (χ3v) is 0.809. The molecule has 0 fully saturated rings. The van der Waals surface area contributed by atoms with Crippen molar-refractivity contribution in [2.24, 2.45) is 0 Å². The van der Waals surface area contributed by atoms with Crippen LogP contribution in [0, 0.1) is 0 Å². The number of alkyl halides is 1. The molecule has 0 aliphatic rings. The highest BCUT2D eigenvalue weighted by atomic mass is 35.5. The number of carbonyl (C=O) groups excluding carboxylic acids is 1. The summed E-state index contributed by atoms with van der Waals surface area (Å²) in [5.41, 5.74) is 0. The predicted molar refractivity (Wildman–Crippen MR) is 34.3 cm³/mol. The minimum absolute atomic E-state index is 0.353. The van der Waals surface area contributed by atoms with Crippen LogP contribution in [0.25, 0.3) is 0 Å². The van der Waals surface area contributed by atoms with Crippen LogP contribution in [0.1, 0.15) is 0 Å². The number of rotatable bonds is 3. The molecular weight excluding hydrogens is 144 g/mol. The Labute approximate surface area is 58.2 Å². The monoisotopic (exact) mass is 152 g/mol. The van der Waals surface area contributed by atoms with E-state index < -0.39 is 6.03 Å². The van der Waals surface area contributed by atoms with E-state index in [2.05, 4.69) is 10.6 Å². The molecule has 5 heteroatoms. The first kappa shape index (κ1) is 8.52. The number of halogens is 1. The second-order valence-corrected chi connectivity index (χ2v) is 1.66. The lowest BCUT2D eigenvalue weighted by molar-refractivity contribution is 0.218. The van der Waals surface area contributed by atoms with Crippen LogP contribution in [-0.2, 0) is 0 Å². The van der Waals surface area contributed by atoms with E-state index in [-0.39, 0.29) is 6.73 Å². The van der Waals surface area contributed by atoms with Gasteiger partial charge in [0, 0.05) is 12.4 Å². The second-order valence-electron chi connectivity index (χ2n) is 1.28. The molecule has 54 valence electrons. The zero-order valence-corrected chi connectivity index (χ0v) is 5.61. The molecule has 4 nitrogen and oxygen atoms in total. The molecule has 0 spiro atoms. The van der Waals surface area contributed by atoms with Crippen molar-refractivity contribution in [2.75, 3.05) is 19.2 Å². The van der Waals surface area contributed by atoms with Gasteiger partial charge in [-0.05, 0) is 0 Å². The largest absolute Gasteiger partial charge is 0.376 e. The van der Waals surface area contributed by atoms with E-state index in [0.717, 1.165) is 0 Å². The van der Waals surface area contributed by atoms with Crippen LogP contribution in [0.2, 0.25) is 0 Å². The van der Waals surface area contributed by atoms with Crippen LogP contribution in [-0.4, -0.2) is 30.3 Å². The number of hydrogen-bond donors (Lipinski definition) is 3. The first-order valence-corrected chi connectivity index (χ1v) is 3.03. The highest BCUT2D eigenvalue weighted by Gasteiger charge is 1.93. The van der Waals surface area contributed by atoms with Crippen molar-refractivity contribution < 1.29 is 9.90 Å². The summed E-state index contributed by atoms with van der Waals surface area (Å²) < 4.78 is 0. The third kappa shape index (κ3) is 5.39. The summed E-state index contributed by atoms with van der Waals surface area (Å²) >= 11 is 5.24. The van der Waals surface area contributed by atoms with Gasteiger partial charge in [0.15, 0.2) is 0 Å². The summed E-state index contributed by atoms with van der Waals surface area (Å²) in [6.45, 7) is 0.0571. The molecule has 0 heterocycles. The van der Waals surface area contributed by atoms with Crippen molar-refractivity contribution in [1.82, 2.24) is 10.6 Å². The van der Waals surface area contributed by atoms with Gasteiger partial charge in [0.1, 0.15) is 6.73 Å². The lowest BCUT2D eigenvalue weighted by Gasteiger charge is -2.00. The quantitative estimate of drug-likeness (QED) is 0.376. The van der Waals surface area contributed by atoms with Gasteiger partial charge < -0.3 is 15.7 Å². The molecule has 2 amide bonds. The molecule has 0 saturated carbocycles. The van der Waals surface area contributed by atoms with E-state index >= 15 is 0 Å². The van der Waals surface area contributed by atoms with Crippen LogP contribution in [0.3, 0.4) is 0 Å². The topological polar surface area (TPSA) is 61.4 Å². The first-order valence-electron chi connectivity index (χ1n) is 2.49. The Balaban J connectivity index is 3.06. The number of carbonyl (C=O) groups is 1. The zero-order chi connectivity index (χ0) is 7.11. The number of nitrogens with one attached hydrogen (secondary N) is 2. The van der Waals surface area contributed by atoms with Gasteiger partial charge in [0.05, 0.1) is 0 Å². The highest BCUT2D eigenvalue weighted by molar-refractivity contribution is 6.18. The van der Waals surface area contributed by atoms with E-state index in [0.29, 0.717) is 12.4 Å². The summed E-state index contributed by atoms with van der Waals surface area (Å²) in [5.74, 6) is 0.374. The number of urea groups is 1. The Morgan fingerprint density at radius 3 is 2.67 bits per heavy atom. The Morgan fingerprint density at radius 2 is 2.22 bits per heavy atom. The smallest absolute Gasteiger partial charge is 0.316 e. The number of aliphatic hydroxyl groups is 1. The highest BCUT2D eigenvalue weighted by Crippen LogP contribution is 1.69. The Hall–Kier alpha value is -0.480. The number of hydrogen-bond acceptors (Lipinski definition) is 2. The SMILES string of the molecule is O=C(NCO)NCCCl. The van der Waals surface area contributed by atoms with Gasteiger partial charge in [-0.15, -0.1) is 11.6 Å². The molecule has 0 radical (unpaired) electrons. The molecule has 3 N–H and O–H groups in total. The lowest BCUT2D eigenvalue weighted by atomic mass is 10.7. The maximum Gasteiger partial charge on any atom is 0.316 e. The minimum atomic E-state index is -0.404. The normalized spacial score (nSPS) is 8.67. The van der Waals surface area contributed by atoms with Crippen LogP contribution in [0.5, 0.6) is 0 Å². The predicted octanol–water partition coefficient (Wildman–Crippen LogP) is -0.526. The summed E-state index contributed by atoms with van der Waals surface area (Å²) in [6, 6.07) is -0.404. The van der Waals surface area contributed by atoms with Crippen molar-refractivity contribution in [3.05, 3.63) is 0 Å². The average Bonchev–Trinajstić information content (AvgIpc) is 1.85. The zero-order valence-electron chi connectivity index (χ0n) is 4.85. The summed E-state index contributed by atoms with van der Waals surface area (Å²) in [4.78, 5) is 10.4. The third-order valence-electron chi connectivity index (χ3n) is 0.620. The van der Waals surface area contributed by atoms with Crippen molar-refractivity contribution in [3.8, 4) is 0 Å². The van der Waals surface area contributed by atoms with Crippen LogP contribution < -0.4 is 10.6 Å². The lowest BCUT2D eigenvalue weighted by Crippen LogP contribution is -2.36. The Morgan fingerprint density at radius 1 is 1.56 bits per heavy atom. The molecule has 0 atom stereocenters. The molecular formula is C4H9ClN2O2. The molecule has 0 aromatic rings. The van der Waals surface area contributed by atoms with E-state index in [4.69, 9.17) is 16.7 Å². The van der Waals surface area contributed by atoms with Crippen LogP contribution in [0.15, 0.2) is 0 Å². The van der Waals surface area contributed by atoms with Gasteiger partial charge in [-0.1, -0.05) is 0 Å². The molecule has 0 aliphatic heterocycles. The number of aliphatic hydroxyl groups excluding tert-OH is 1. The molecule has 0 saturated heterocycles. The van der Waals surface area contributed by atoms with Gasteiger partial charge >= 0.3 is 6.03 Å². The standard InChI is InChI=1S/C4H9ClN2O2/c5-1-2-6-4(9)7-3-8/h8H,1-3H2,(H2,6,7,9). The van der Waals surface area contributed by atoms with Crippen molar-refractivity contribution >= 4 is 17.6 Å².